The Balaban J connectivity index is 1.40. The second-order valence-corrected chi connectivity index (χ2v) is 10.6. The first-order chi connectivity index (χ1) is 15.6. The number of aromatic nitrogens is 3. The second kappa shape index (κ2) is 9.11. The van der Waals surface area contributed by atoms with Crippen LogP contribution in [-0.4, -0.2) is 53.1 Å². The molecule has 3 heterocycles. The molecule has 9 nitrogen and oxygen atoms in total. The van der Waals surface area contributed by atoms with Gasteiger partial charge in [-0.1, -0.05) is 6.92 Å². The van der Waals surface area contributed by atoms with E-state index >= 15 is 0 Å². The van der Waals surface area contributed by atoms with Crippen molar-refractivity contribution in [2.24, 2.45) is 13.0 Å². The van der Waals surface area contributed by atoms with Crippen molar-refractivity contribution in [3.05, 3.63) is 41.6 Å². The summed E-state index contributed by atoms with van der Waals surface area (Å²) in [4.78, 5) is 17.1. The van der Waals surface area contributed by atoms with Gasteiger partial charge in [-0.15, -0.1) is 5.10 Å². The fourth-order valence-electron chi connectivity index (χ4n) is 4.21. The predicted octanol–water partition coefficient (Wildman–Crippen LogP) is 3.02. The van der Waals surface area contributed by atoms with Crippen molar-refractivity contribution in [2.45, 2.75) is 38.5 Å². The van der Waals surface area contributed by atoms with Crippen LogP contribution in [0.1, 0.15) is 31.0 Å². The number of hydrogen-bond donors (Lipinski definition) is 1. The third-order valence-corrected chi connectivity index (χ3v) is 7.70. The third kappa shape index (κ3) is 4.86. The molecular formula is C23H29N5O4S. The maximum atomic E-state index is 12.9. The van der Waals surface area contributed by atoms with Crippen molar-refractivity contribution in [1.29, 1.82) is 0 Å². The average Bonchev–Trinajstić information content (AvgIpc) is 3.08. The number of aryl methyl sites for hydroxylation is 3. The van der Waals surface area contributed by atoms with Gasteiger partial charge in [0.25, 0.3) is 5.91 Å². The van der Waals surface area contributed by atoms with Crippen LogP contribution in [0.2, 0.25) is 0 Å². The lowest BCUT2D eigenvalue weighted by atomic mass is 10.0. The number of carbonyl (C=O) groups is 1. The van der Waals surface area contributed by atoms with Gasteiger partial charge in [-0.3, -0.25) is 4.79 Å². The van der Waals surface area contributed by atoms with Crippen molar-refractivity contribution in [1.82, 2.24) is 19.1 Å². The molecule has 0 aliphatic carbocycles. The largest absolute Gasteiger partial charge is 0.466 e. The number of fused-ring (bicyclic) bond motifs is 1. The number of piperidine rings is 1. The van der Waals surface area contributed by atoms with E-state index in [9.17, 15) is 13.2 Å². The molecule has 1 unspecified atom stereocenters. The van der Waals surface area contributed by atoms with Gasteiger partial charge < -0.3 is 10.1 Å². The van der Waals surface area contributed by atoms with Gasteiger partial charge in [0.05, 0.1) is 10.3 Å². The SMILES string of the molecule is Cc1cc(C)c2c(OCC(=O)Nc3ccc(S(=O)(=O)N4CCCC(C)C4)cc3)nn(C)c2n1. The number of nitrogens with zero attached hydrogens (tertiary/aromatic N) is 4. The van der Waals surface area contributed by atoms with Crippen LogP contribution >= 0.6 is 0 Å². The van der Waals surface area contributed by atoms with Crippen molar-refractivity contribution >= 4 is 32.7 Å². The van der Waals surface area contributed by atoms with E-state index in [1.54, 1.807) is 23.9 Å². The van der Waals surface area contributed by atoms with E-state index in [2.05, 4.69) is 22.3 Å². The number of rotatable bonds is 6. The van der Waals surface area contributed by atoms with Gasteiger partial charge >= 0.3 is 0 Å². The number of hydrogen-bond acceptors (Lipinski definition) is 6. The monoisotopic (exact) mass is 471 g/mol. The summed E-state index contributed by atoms with van der Waals surface area (Å²) in [6.45, 7) is 6.77. The van der Waals surface area contributed by atoms with Gasteiger partial charge in [0.2, 0.25) is 15.9 Å². The topological polar surface area (TPSA) is 106 Å². The number of benzene rings is 1. The lowest BCUT2D eigenvalue weighted by Gasteiger charge is -2.30. The Hall–Kier alpha value is -2.98. The van der Waals surface area contributed by atoms with Crippen LogP contribution in [0.3, 0.4) is 0 Å². The summed E-state index contributed by atoms with van der Waals surface area (Å²) in [6, 6.07) is 8.16. The van der Waals surface area contributed by atoms with Gasteiger partial charge in [-0.25, -0.2) is 18.1 Å². The molecule has 10 heteroatoms. The van der Waals surface area contributed by atoms with E-state index in [0.717, 1.165) is 29.5 Å². The molecule has 1 N–H and O–H groups in total. The lowest BCUT2D eigenvalue weighted by Crippen LogP contribution is -2.39. The molecule has 176 valence electrons. The normalized spacial score (nSPS) is 17.3. The van der Waals surface area contributed by atoms with E-state index in [-0.39, 0.29) is 17.4 Å². The zero-order valence-corrected chi connectivity index (χ0v) is 20.1. The van der Waals surface area contributed by atoms with Crippen LogP contribution in [0.25, 0.3) is 11.0 Å². The van der Waals surface area contributed by atoms with Gasteiger partial charge in [0, 0.05) is 31.5 Å². The predicted molar refractivity (Wildman–Crippen MR) is 126 cm³/mol. The molecule has 0 spiro atoms. The first-order valence-electron chi connectivity index (χ1n) is 11.0. The molecule has 3 aromatic rings. The van der Waals surface area contributed by atoms with E-state index in [1.807, 2.05) is 19.9 Å². The minimum atomic E-state index is -3.53. The second-order valence-electron chi connectivity index (χ2n) is 8.68. The van der Waals surface area contributed by atoms with Crippen LogP contribution in [0.4, 0.5) is 5.69 Å². The van der Waals surface area contributed by atoms with Crippen molar-refractivity contribution in [3.63, 3.8) is 0 Å². The number of anilines is 1. The highest BCUT2D eigenvalue weighted by Crippen LogP contribution is 2.27. The molecule has 1 aliphatic heterocycles. The summed E-state index contributed by atoms with van der Waals surface area (Å²) in [6.07, 6.45) is 1.92. The molecule has 1 atom stereocenters. The molecule has 1 aromatic carbocycles. The molecule has 0 radical (unpaired) electrons. The molecule has 1 fully saturated rings. The summed E-state index contributed by atoms with van der Waals surface area (Å²) >= 11 is 0. The number of amides is 1. The minimum absolute atomic E-state index is 0.226. The molecule has 2 aromatic heterocycles. The first kappa shape index (κ1) is 23.2. The number of carbonyl (C=O) groups excluding carboxylic acids is 1. The molecular weight excluding hydrogens is 442 g/mol. The summed E-state index contributed by atoms with van der Waals surface area (Å²) < 4.78 is 34.6. The number of ether oxygens (including phenoxy) is 1. The van der Waals surface area contributed by atoms with Gasteiger partial charge in [0.1, 0.15) is 0 Å². The molecule has 33 heavy (non-hydrogen) atoms. The fraction of sp³-hybridized carbons (Fsp3) is 0.435. The van der Waals surface area contributed by atoms with Crippen molar-refractivity contribution in [3.8, 4) is 5.88 Å². The van der Waals surface area contributed by atoms with Crippen LogP contribution < -0.4 is 10.1 Å². The summed E-state index contributed by atoms with van der Waals surface area (Å²) in [5, 5.41) is 7.85. The highest BCUT2D eigenvalue weighted by molar-refractivity contribution is 7.89. The molecule has 1 amide bonds. The maximum Gasteiger partial charge on any atom is 0.262 e. The summed E-state index contributed by atoms with van der Waals surface area (Å²) in [5.74, 6) is 0.337. The van der Waals surface area contributed by atoms with Gasteiger partial charge in [-0.05, 0) is 68.5 Å². The van der Waals surface area contributed by atoms with Crippen LogP contribution in [0.15, 0.2) is 35.2 Å². The van der Waals surface area contributed by atoms with E-state index in [1.165, 1.54) is 16.4 Å². The molecule has 1 aliphatic rings. The summed E-state index contributed by atoms with van der Waals surface area (Å²) in [7, 11) is -1.75. The van der Waals surface area contributed by atoms with Crippen LogP contribution in [-0.2, 0) is 21.9 Å². The molecule has 4 rings (SSSR count). The van der Waals surface area contributed by atoms with Crippen LogP contribution in [0.5, 0.6) is 5.88 Å². The molecule has 1 saturated heterocycles. The third-order valence-electron chi connectivity index (χ3n) is 5.82. The van der Waals surface area contributed by atoms with E-state index in [4.69, 9.17) is 4.74 Å². The molecule has 0 bridgehead atoms. The average molecular weight is 472 g/mol. The smallest absolute Gasteiger partial charge is 0.262 e. The highest BCUT2D eigenvalue weighted by Gasteiger charge is 2.28. The highest BCUT2D eigenvalue weighted by atomic mass is 32.2. The lowest BCUT2D eigenvalue weighted by molar-refractivity contribution is -0.118. The standard InChI is InChI=1S/C23H29N5O4S/c1-15-6-5-11-28(13-15)33(30,31)19-9-7-18(8-10-19)25-20(29)14-32-23-21-16(2)12-17(3)24-22(21)27(4)26-23/h7-10,12,15H,5-6,11,13-14H2,1-4H3,(H,25,29). The molecule has 0 saturated carbocycles. The van der Waals surface area contributed by atoms with E-state index in [0.29, 0.717) is 36.2 Å². The quantitative estimate of drug-likeness (QED) is 0.592. The Morgan fingerprint density at radius 2 is 1.97 bits per heavy atom. The first-order valence-corrected chi connectivity index (χ1v) is 12.4. The Morgan fingerprint density at radius 3 is 2.67 bits per heavy atom. The van der Waals surface area contributed by atoms with Crippen molar-refractivity contribution < 1.29 is 17.9 Å². The zero-order valence-electron chi connectivity index (χ0n) is 19.3. The van der Waals surface area contributed by atoms with Crippen LogP contribution in [0, 0.1) is 19.8 Å². The Morgan fingerprint density at radius 1 is 1.24 bits per heavy atom. The van der Waals surface area contributed by atoms with Gasteiger partial charge in [-0.2, -0.15) is 4.31 Å². The number of nitrogens with one attached hydrogen (secondary N) is 1. The summed E-state index contributed by atoms with van der Waals surface area (Å²) in [5.41, 5.74) is 3.05. The number of sulfonamides is 1. The Bertz CT molecular complexity index is 1280. The Labute approximate surface area is 193 Å². The van der Waals surface area contributed by atoms with E-state index < -0.39 is 10.0 Å². The minimum Gasteiger partial charge on any atom is -0.466 e. The maximum absolute atomic E-state index is 12.9. The fourth-order valence-corrected chi connectivity index (χ4v) is 5.80. The van der Waals surface area contributed by atoms with Gasteiger partial charge in [0.15, 0.2) is 12.3 Å². The Kier molecular flexibility index (Phi) is 6.40. The number of pyridine rings is 1. The van der Waals surface area contributed by atoms with Crippen molar-refractivity contribution in [2.75, 3.05) is 25.0 Å². The zero-order chi connectivity index (χ0) is 23.8.